The summed E-state index contributed by atoms with van der Waals surface area (Å²) >= 11 is 0. The van der Waals surface area contributed by atoms with Crippen LogP contribution in [0.2, 0.25) is 0 Å². The van der Waals surface area contributed by atoms with Crippen molar-refractivity contribution in [2.24, 2.45) is 5.92 Å². The number of nitrogens with zero attached hydrogens (tertiary/aromatic N) is 3. The molecule has 1 fully saturated rings. The van der Waals surface area contributed by atoms with Gasteiger partial charge in [0.15, 0.2) is 5.82 Å². The lowest BCUT2D eigenvalue weighted by Gasteiger charge is -2.31. The van der Waals surface area contributed by atoms with Gasteiger partial charge in [-0.05, 0) is 42.7 Å². The molecule has 0 unspecified atom stereocenters. The number of fused-ring (bicyclic) bond motifs is 1. The Bertz CT molecular complexity index is 763. The smallest absolute Gasteiger partial charge is 0.231 e. The van der Waals surface area contributed by atoms with Crippen LogP contribution >= 0.6 is 0 Å². The van der Waals surface area contributed by atoms with Crippen molar-refractivity contribution >= 4 is 5.91 Å². The summed E-state index contributed by atoms with van der Waals surface area (Å²) in [6, 6.07) is 8.55. The average molecular weight is 369 g/mol. The van der Waals surface area contributed by atoms with E-state index in [-0.39, 0.29) is 11.8 Å². The van der Waals surface area contributed by atoms with Crippen molar-refractivity contribution in [3.63, 3.8) is 0 Å². The minimum Gasteiger partial charge on any atom is -0.384 e. The Labute approximate surface area is 159 Å². The fourth-order valence-electron chi connectivity index (χ4n) is 4.30. The molecule has 1 aliphatic heterocycles. The second-order valence-electron chi connectivity index (χ2n) is 7.72. The van der Waals surface area contributed by atoms with Gasteiger partial charge in [-0.3, -0.25) is 4.79 Å². The highest BCUT2D eigenvalue weighted by molar-refractivity contribution is 5.76. The van der Waals surface area contributed by atoms with Gasteiger partial charge in [-0.1, -0.05) is 29.4 Å². The molecule has 1 amide bonds. The molecular formula is C21H27N3O3. The summed E-state index contributed by atoms with van der Waals surface area (Å²) in [6.07, 6.45) is 5.29. The number of piperidine rings is 1. The van der Waals surface area contributed by atoms with E-state index in [1.165, 1.54) is 11.1 Å². The van der Waals surface area contributed by atoms with E-state index in [0.717, 1.165) is 32.2 Å². The maximum atomic E-state index is 12.9. The third-order valence-corrected chi connectivity index (χ3v) is 5.74. The molecule has 1 saturated heterocycles. The zero-order valence-electron chi connectivity index (χ0n) is 15.9. The molecule has 2 heterocycles. The molecule has 27 heavy (non-hydrogen) atoms. The fraction of sp³-hybridized carbons (Fsp3) is 0.571. The normalized spacial score (nSPS) is 20.0. The SMILES string of the molecule is COCCc1noc([C@@H]2CCCN(C(=O)CC3Cc4ccccc4C3)C2)n1. The first-order valence-corrected chi connectivity index (χ1v) is 9.89. The maximum Gasteiger partial charge on any atom is 0.231 e. The number of methoxy groups -OCH3 is 1. The van der Waals surface area contributed by atoms with Gasteiger partial charge < -0.3 is 14.2 Å². The van der Waals surface area contributed by atoms with Gasteiger partial charge in [-0.2, -0.15) is 4.98 Å². The minimum absolute atomic E-state index is 0.146. The van der Waals surface area contributed by atoms with Gasteiger partial charge in [0.2, 0.25) is 11.8 Å². The quantitative estimate of drug-likeness (QED) is 0.783. The van der Waals surface area contributed by atoms with Crippen molar-refractivity contribution in [1.29, 1.82) is 0 Å². The highest BCUT2D eigenvalue weighted by atomic mass is 16.5. The predicted octanol–water partition coefficient (Wildman–Crippen LogP) is 2.77. The van der Waals surface area contributed by atoms with Gasteiger partial charge in [-0.15, -0.1) is 0 Å². The highest BCUT2D eigenvalue weighted by Gasteiger charge is 2.31. The second-order valence-corrected chi connectivity index (χ2v) is 7.72. The number of carbonyl (C=O) groups excluding carboxylic acids is 1. The molecule has 6 nitrogen and oxygen atoms in total. The van der Waals surface area contributed by atoms with E-state index in [1.807, 2.05) is 4.90 Å². The summed E-state index contributed by atoms with van der Waals surface area (Å²) in [4.78, 5) is 19.4. The molecule has 6 heteroatoms. The van der Waals surface area contributed by atoms with Gasteiger partial charge in [0.1, 0.15) is 0 Å². The van der Waals surface area contributed by atoms with Crippen LogP contribution in [0.4, 0.5) is 0 Å². The van der Waals surface area contributed by atoms with Crippen LogP contribution in [0.25, 0.3) is 0 Å². The zero-order valence-corrected chi connectivity index (χ0v) is 15.9. The topological polar surface area (TPSA) is 68.5 Å². The molecule has 4 rings (SSSR count). The predicted molar refractivity (Wildman–Crippen MR) is 100 cm³/mol. The molecule has 1 atom stereocenters. The van der Waals surface area contributed by atoms with Crippen LogP contribution in [-0.4, -0.2) is 47.8 Å². The Kier molecular flexibility index (Phi) is 5.53. The summed E-state index contributed by atoms with van der Waals surface area (Å²) in [7, 11) is 1.66. The molecular weight excluding hydrogens is 342 g/mol. The van der Waals surface area contributed by atoms with Gasteiger partial charge in [0.25, 0.3) is 0 Å². The molecule has 1 aliphatic carbocycles. The van der Waals surface area contributed by atoms with Crippen molar-refractivity contribution in [3.8, 4) is 0 Å². The van der Waals surface area contributed by atoms with E-state index >= 15 is 0 Å². The van der Waals surface area contributed by atoms with Crippen molar-refractivity contribution in [1.82, 2.24) is 15.0 Å². The number of hydrogen-bond donors (Lipinski definition) is 0. The third kappa shape index (κ3) is 4.21. The van der Waals surface area contributed by atoms with Gasteiger partial charge >= 0.3 is 0 Å². The van der Waals surface area contributed by atoms with Crippen LogP contribution in [0.5, 0.6) is 0 Å². The van der Waals surface area contributed by atoms with Gasteiger partial charge in [0.05, 0.1) is 12.5 Å². The number of ether oxygens (including phenoxy) is 1. The Morgan fingerprint density at radius 1 is 1.30 bits per heavy atom. The lowest BCUT2D eigenvalue weighted by molar-refractivity contribution is -0.133. The van der Waals surface area contributed by atoms with Crippen LogP contribution in [0.3, 0.4) is 0 Å². The number of rotatable bonds is 6. The zero-order chi connectivity index (χ0) is 18.6. The Balaban J connectivity index is 1.33. The molecule has 2 aromatic rings. The molecule has 0 bridgehead atoms. The lowest BCUT2D eigenvalue weighted by Crippen LogP contribution is -2.40. The molecule has 0 saturated carbocycles. The van der Waals surface area contributed by atoms with Crippen LogP contribution in [0, 0.1) is 5.92 Å². The first-order chi connectivity index (χ1) is 13.2. The summed E-state index contributed by atoms with van der Waals surface area (Å²) in [5.41, 5.74) is 2.81. The number of aromatic nitrogens is 2. The van der Waals surface area contributed by atoms with E-state index in [4.69, 9.17) is 9.26 Å². The van der Waals surface area contributed by atoms with Crippen molar-refractivity contribution < 1.29 is 14.1 Å². The molecule has 2 aliphatic rings. The fourth-order valence-corrected chi connectivity index (χ4v) is 4.30. The average Bonchev–Trinajstić information content (AvgIpc) is 3.33. The number of likely N-dealkylation sites (tertiary alicyclic amines) is 1. The Hall–Kier alpha value is -2.21. The number of amides is 1. The minimum atomic E-state index is 0.146. The monoisotopic (exact) mass is 369 g/mol. The first kappa shape index (κ1) is 18.2. The van der Waals surface area contributed by atoms with Gasteiger partial charge in [-0.25, -0.2) is 0 Å². The maximum absolute atomic E-state index is 12.9. The van der Waals surface area contributed by atoms with Crippen molar-refractivity contribution in [2.75, 3.05) is 26.8 Å². The number of hydrogen-bond acceptors (Lipinski definition) is 5. The van der Waals surface area contributed by atoms with Crippen LogP contribution in [0.1, 0.15) is 48.0 Å². The van der Waals surface area contributed by atoms with E-state index in [0.29, 0.717) is 43.6 Å². The van der Waals surface area contributed by atoms with Gasteiger partial charge in [0, 0.05) is 33.0 Å². The van der Waals surface area contributed by atoms with Crippen LogP contribution < -0.4 is 0 Å². The summed E-state index contributed by atoms with van der Waals surface area (Å²) in [5, 5.41) is 4.04. The van der Waals surface area contributed by atoms with E-state index in [2.05, 4.69) is 34.4 Å². The Morgan fingerprint density at radius 3 is 2.81 bits per heavy atom. The molecule has 1 aromatic carbocycles. The third-order valence-electron chi connectivity index (χ3n) is 5.74. The second kappa shape index (κ2) is 8.21. The van der Waals surface area contributed by atoms with Crippen molar-refractivity contribution in [2.45, 2.75) is 44.4 Å². The van der Waals surface area contributed by atoms with E-state index < -0.39 is 0 Å². The summed E-state index contributed by atoms with van der Waals surface area (Å²) in [5.74, 6) is 2.18. The lowest BCUT2D eigenvalue weighted by atomic mass is 9.96. The summed E-state index contributed by atoms with van der Waals surface area (Å²) < 4.78 is 10.5. The molecule has 144 valence electrons. The van der Waals surface area contributed by atoms with Crippen molar-refractivity contribution in [3.05, 3.63) is 47.1 Å². The largest absolute Gasteiger partial charge is 0.384 e. The molecule has 0 spiro atoms. The number of benzene rings is 1. The Morgan fingerprint density at radius 2 is 2.07 bits per heavy atom. The van der Waals surface area contributed by atoms with E-state index in [1.54, 1.807) is 7.11 Å². The van der Waals surface area contributed by atoms with Crippen LogP contribution in [-0.2, 0) is 28.8 Å². The summed E-state index contributed by atoms with van der Waals surface area (Å²) in [6.45, 7) is 2.10. The van der Waals surface area contributed by atoms with E-state index in [9.17, 15) is 4.79 Å². The molecule has 0 radical (unpaired) electrons. The molecule has 1 aromatic heterocycles. The molecule has 0 N–H and O–H groups in total. The highest BCUT2D eigenvalue weighted by Crippen LogP contribution is 2.31. The first-order valence-electron chi connectivity index (χ1n) is 9.89. The number of carbonyl (C=O) groups is 1. The standard InChI is InChI=1S/C21H27N3O3/c1-26-10-8-19-22-21(27-23-19)18-7-4-9-24(14-18)20(25)13-15-11-16-5-2-3-6-17(16)12-15/h2-3,5-6,15,18H,4,7-14H2,1H3/t18-/m1/s1. The van der Waals surface area contributed by atoms with Crippen LogP contribution in [0.15, 0.2) is 28.8 Å².